The first-order valence-corrected chi connectivity index (χ1v) is 6.60. The van der Waals surface area contributed by atoms with E-state index < -0.39 is 0 Å². The van der Waals surface area contributed by atoms with Crippen LogP contribution in [0.25, 0.3) is 0 Å². The summed E-state index contributed by atoms with van der Waals surface area (Å²) in [4.78, 5) is 1.06. The van der Waals surface area contributed by atoms with E-state index in [1.54, 1.807) is 11.3 Å². The fraction of sp³-hybridized carbons (Fsp3) is 0.667. The van der Waals surface area contributed by atoms with Crippen molar-refractivity contribution in [2.75, 3.05) is 6.54 Å². The van der Waals surface area contributed by atoms with Gasteiger partial charge in [-0.3, -0.25) is 0 Å². The Hall–Kier alpha value is -0.380. The van der Waals surface area contributed by atoms with Crippen LogP contribution in [0.15, 0.2) is 17.5 Å². The van der Waals surface area contributed by atoms with E-state index in [4.69, 9.17) is 0 Å². The number of hydrogen-bond donors (Lipinski definition) is 2. The van der Waals surface area contributed by atoms with Crippen LogP contribution in [0.1, 0.15) is 37.2 Å². The summed E-state index contributed by atoms with van der Waals surface area (Å²) < 4.78 is 0. The molecule has 1 aliphatic rings. The molecule has 0 aromatic carbocycles. The molecule has 0 bridgehead atoms. The SMILES string of the molecule is CC(NCC(O)c1cccs1)C1CCC1. The Balaban J connectivity index is 1.72. The Morgan fingerprint density at radius 1 is 1.60 bits per heavy atom. The second-order valence-electron chi connectivity index (χ2n) is 4.42. The van der Waals surface area contributed by atoms with Crippen LogP contribution in [0.4, 0.5) is 0 Å². The fourth-order valence-electron chi connectivity index (χ4n) is 1.99. The van der Waals surface area contributed by atoms with Crippen molar-refractivity contribution in [2.45, 2.75) is 38.3 Å². The molecule has 2 N–H and O–H groups in total. The maximum absolute atomic E-state index is 9.88. The van der Waals surface area contributed by atoms with Crippen molar-refractivity contribution in [3.63, 3.8) is 0 Å². The van der Waals surface area contributed by atoms with Gasteiger partial charge in [-0.1, -0.05) is 12.5 Å². The van der Waals surface area contributed by atoms with Crippen molar-refractivity contribution < 1.29 is 5.11 Å². The largest absolute Gasteiger partial charge is 0.386 e. The zero-order chi connectivity index (χ0) is 10.7. The third-order valence-corrected chi connectivity index (χ3v) is 4.34. The standard InChI is InChI=1S/C12H19NOS/c1-9(10-4-2-5-10)13-8-11(14)12-6-3-7-15-12/h3,6-7,9-11,13-14H,2,4-5,8H2,1H3. The van der Waals surface area contributed by atoms with E-state index in [-0.39, 0.29) is 6.10 Å². The minimum absolute atomic E-state index is 0.340. The maximum Gasteiger partial charge on any atom is 0.101 e. The van der Waals surface area contributed by atoms with E-state index in [1.807, 2.05) is 17.5 Å². The van der Waals surface area contributed by atoms with E-state index in [9.17, 15) is 5.11 Å². The molecule has 2 nitrogen and oxygen atoms in total. The van der Waals surface area contributed by atoms with Crippen molar-refractivity contribution in [1.29, 1.82) is 0 Å². The molecule has 0 amide bonds. The van der Waals surface area contributed by atoms with Crippen molar-refractivity contribution in [3.8, 4) is 0 Å². The molecule has 1 aromatic heterocycles. The van der Waals surface area contributed by atoms with E-state index in [0.717, 1.165) is 10.8 Å². The molecule has 1 aromatic rings. The van der Waals surface area contributed by atoms with Crippen molar-refractivity contribution in [2.24, 2.45) is 5.92 Å². The Kier molecular flexibility index (Phi) is 3.78. The number of thiophene rings is 1. The summed E-state index contributed by atoms with van der Waals surface area (Å²) in [5.74, 6) is 0.834. The van der Waals surface area contributed by atoms with Gasteiger partial charge in [0.2, 0.25) is 0 Å². The highest BCUT2D eigenvalue weighted by Gasteiger charge is 2.23. The molecule has 2 rings (SSSR count). The highest BCUT2D eigenvalue weighted by Crippen LogP contribution is 2.29. The summed E-state index contributed by atoms with van der Waals surface area (Å²) in [5.41, 5.74) is 0. The van der Waals surface area contributed by atoms with Crippen LogP contribution in [0, 0.1) is 5.92 Å². The van der Waals surface area contributed by atoms with Gasteiger partial charge in [-0.2, -0.15) is 0 Å². The van der Waals surface area contributed by atoms with Crippen LogP contribution >= 0.6 is 11.3 Å². The summed E-state index contributed by atoms with van der Waals surface area (Å²) in [6, 6.07) is 4.53. The molecule has 0 aliphatic heterocycles. The van der Waals surface area contributed by atoms with Gasteiger partial charge in [0.15, 0.2) is 0 Å². The lowest BCUT2D eigenvalue weighted by atomic mass is 9.80. The van der Waals surface area contributed by atoms with Crippen molar-refractivity contribution >= 4 is 11.3 Å². The van der Waals surface area contributed by atoms with Crippen LogP contribution in [0.3, 0.4) is 0 Å². The Bertz CT molecular complexity index is 282. The molecular weight excluding hydrogens is 206 g/mol. The summed E-state index contributed by atoms with van der Waals surface area (Å²) in [5, 5.41) is 15.3. The van der Waals surface area contributed by atoms with Gasteiger partial charge in [-0.25, -0.2) is 0 Å². The Morgan fingerprint density at radius 2 is 2.40 bits per heavy atom. The van der Waals surface area contributed by atoms with Crippen LogP contribution in [0.5, 0.6) is 0 Å². The summed E-state index contributed by atoms with van der Waals surface area (Å²) in [6.45, 7) is 2.91. The Labute approximate surface area is 95.3 Å². The van der Waals surface area contributed by atoms with Gasteiger partial charge in [0.1, 0.15) is 6.10 Å². The summed E-state index contributed by atoms with van der Waals surface area (Å²) >= 11 is 1.62. The second kappa shape index (κ2) is 5.10. The van der Waals surface area contributed by atoms with Crippen LogP contribution in [-0.4, -0.2) is 17.7 Å². The second-order valence-corrected chi connectivity index (χ2v) is 5.40. The van der Waals surface area contributed by atoms with Gasteiger partial charge >= 0.3 is 0 Å². The lowest BCUT2D eigenvalue weighted by molar-refractivity contribution is 0.158. The van der Waals surface area contributed by atoms with Crippen LogP contribution in [-0.2, 0) is 0 Å². The van der Waals surface area contributed by atoms with Crippen molar-refractivity contribution in [3.05, 3.63) is 22.4 Å². The zero-order valence-corrected chi connectivity index (χ0v) is 9.96. The highest BCUT2D eigenvalue weighted by molar-refractivity contribution is 7.10. The van der Waals surface area contributed by atoms with Gasteiger partial charge in [0.05, 0.1) is 0 Å². The average molecular weight is 225 g/mol. The molecule has 2 unspecified atom stereocenters. The lowest BCUT2D eigenvalue weighted by Crippen LogP contribution is -2.39. The fourth-order valence-corrected chi connectivity index (χ4v) is 2.70. The quantitative estimate of drug-likeness (QED) is 0.807. The monoisotopic (exact) mass is 225 g/mol. The highest BCUT2D eigenvalue weighted by atomic mass is 32.1. The predicted molar refractivity (Wildman–Crippen MR) is 64.1 cm³/mol. The Morgan fingerprint density at radius 3 is 2.93 bits per heavy atom. The topological polar surface area (TPSA) is 32.3 Å². The first-order valence-electron chi connectivity index (χ1n) is 5.72. The van der Waals surface area contributed by atoms with E-state index in [0.29, 0.717) is 12.6 Å². The maximum atomic E-state index is 9.88. The minimum atomic E-state index is -0.340. The molecule has 0 saturated heterocycles. The molecular formula is C12H19NOS. The molecule has 0 spiro atoms. The first kappa shape index (κ1) is 11.1. The molecule has 0 radical (unpaired) electrons. The smallest absolute Gasteiger partial charge is 0.101 e. The average Bonchev–Trinajstić information content (AvgIpc) is 2.63. The number of rotatable bonds is 5. The molecule has 2 atom stereocenters. The van der Waals surface area contributed by atoms with Gasteiger partial charge in [-0.15, -0.1) is 11.3 Å². The molecule has 3 heteroatoms. The van der Waals surface area contributed by atoms with E-state index in [1.165, 1.54) is 19.3 Å². The molecule has 1 aliphatic carbocycles. The normalized spacial score (nSPS) is 20.9. The molecule has 1 fully saturated rings. The van der Waals surface area contributed by atoms with Gasteiger partial charge in [0.25, 0.3) is 0 Å². The minimum Gasteiger partial charge on any atom is -0.386 e. The van der Waals surface area contributed by atoms with Crippen LogP contribution in [0.2, 0.25) is 0 Å². The zero-order valence-electron chi connectivity index (χ0n) is 9.15. The molecule has 15 heavy (non-hydrogen) atoms. The third kappa shape index (κ3) is 2.80. The summed E-state index contributed by atoms with van der Waals surface area (Å²) in [6.07, 6.45) is 3.74. The van der Waals surface area contributed by atoms with Gasteiger partial charge in [-0.05, 0) is 37.1 Å². The van der Waals surface area contributed by atoms with Crippen molar-refractivity contribution in [1.82, 2.24) is 5.32 Å². The number of aliphatic hydroxyl groups excluding tert-OH is 1. The lowest BCUT2D eigenvalue weighted by Gasteiger charge is -2.32. The van der Waals surface area contributed by atoms with E-state index >= 15 is 0 Å². The van der Waals surface area contributed by atoms with Crippen LogP contribution < -0.4 is 5.32 Å². The first-order chi connectivity index (χ1) is 7.27. The summed E-state index contributed by atoms with van der Waals surface area (Å²) in [7, 11) is 0. The molecule has 1 saturated carbocycles. The molecule has 84 valence electrons. The number of hydrogen-bond acceptors (Lipinski definition) is 3. The predicted octanol–water partition coefficient (Wildman–Crippen LogP) is 2.56. The number of nitrogens with one attached hydrogen (secondary N) is 1. The molecule has 1 heterocycles. The van der Waals surface area contributed by atoms with E-state index in [2.05, 4.69) is 12.2 Å². The van der Waals surface area contributed by atoms with Gasteiger partial charge in [0, 0.05) is 17.5 Å². The van der Waals surface area contributed by atoms with Gasteiger partial charge < -0.3 is 10.4 Å². The number of aliphatic hydroxyl groups is 1. The third-order valence-electron chi connectivity index (χ3n) is 3.36.